The molecule has 0 saturated heterocycles. The van der Waals surface area contributed by atoms with Gasteiger partial charge in [0, 0.05) is 23.6 Å². The number of nitrogens with two attached hydrogens (primary N) is 1. The summed E-state index contributed by atoms with van der Waals surface area (Å²) in [5.41, 5.74) is 6.56. The van der Waals surface area contributed by atoms with Crippen molar-refractivity contribution in [1.82, 2.24) is 0 Å². The zero-order chi connectivity index (χ0) is 15.4. The number of esters is 1. The van der Waals surface area contributed by atoms with E-state index in [0.717, 1.165) is 0 Å². The molecular formula is C13H18N2O5. The van der Waals surface area contributed by atoms with Gasteiger partial charge in [-0.05, 0) is 26.3 Å². The van der Waals surface area contributed by atoms with Crippen molar-refractivity contribution in [3.05, 3.63) is 32.9 Å². The summed E-state index contributed by atoms with van der Waals surface area (Å²) in [6, 6.07) is 0.324. The summed E-state index contributed by atoms with van der Waals surface area (Å²) in [7, 11) is 0. The Kier molecular flexibility index (Phi) is 5.04. The Morgan fingerprint density at radius 1 is 1.55 bits per heavy atom. The SMILES string of the molecule is CCOC(=O)C(N)Cc1c(C)c([N+](=O)[O-])cc(C)c1O. The quantitative estimate of drug-likeness (QED) is 0.478. The van der Waals surface area contributed by atoms with Crippen molar-refractivity contribution < 1.29 is 19.6 Å². The number of rotatable bonds is 5. The van der Waals surface area contributed by atoms with Crippen LogP contribution in [0.4, 0.5) is 5.69 Å². The largest absolute Gasteiger partial charge is 0.507 e. The topological polar surface area (TPSA) is 116 Å². The van der Waals surface area contributed by atoms with E-state index in [-0.39, 0.29) is 24.5 Å². The Balaban J connectivity index is 3.17. The molecule has 0 aliphatic rings. The molecule has 1 rings (SSSR count). The minimum absolute atomic E-state index is 0.0149. The van der Waals surface area contributed by atoms with Crippen LogP contribution >= 0.6 is 0 Å². The highest BCUT2D eigenvalue weighted by atomic mass is 16.6. The smallest absolute Gasteiger partial charge is 0.323 e. The first-order valence-electron chi connectivity index (χ1n) is 6.18. The minimum atomic E-state index is -0.971. The highest BCUT2D eigenvalue weighted by Gasteiger charge is 2.24. The number of nitro groups is 1. The van der Waals surface area contributed by atoms with Crippen molar-refractivity contribution in [2.75, 3.05) is 6.61 Å². The van der Waals surface area contributed by atoms with Gasteiger partial charge < -0.3 is 15.6 Å². The number of hydrogen-bond donors (Lipinski definition) is 2. The number of nitro benzene ring substituents is 1. The number of aromatic hydroxyl groups is 1. The van der Waals surface area contributed by atoms with Gasteiger partial charge in [-0.1, -0.05) is 0 Å². The fourth-order valence-electron chi connectivity index (χ4n) is 1.94. The lowest BCUT2D eigenvalue weighted by atomic mass is 9.96. The van der Waals surface area contributed by atoms with Crippen LogP contribution in [0, 0.1) is 24.0 Å². The number of hydrogen-bond acceptors (Lipinski definition) is 6. The van der Waals surface area contributed by atoms with E-state index in [1.807, 2.05) is 0 Å². The summed E-state index contributed by atoms with van der Waals surface area (Å²) in [6.45, 7) is 4.93. The Hall–Kier alpha value is -2.15. The van der Waals surface area contributed by atoms with E-state index < -0.39 is 16.9 Å². The third kappa shape index (κ3) is 3.24. The lowest BCUT2D eigenvalue weighted by Gasteiger charge is -2.15. The first-order valence-corrected chi connectivity index (χ1v) is 6.18. The fourth-order valence-corrected chi connectivity index (χ4v) is 1.94. The number of phenolic OH excluding ortho intramolecular Hbond substituents is 1. The van der Waals surface area contributed by atoms with E-state index in [4.69, 9.17) is 10.5 Å². The Morgan fingerprint density at radius 3 is 2.65 bits per heavy atom. The van der Waals surface area contributed by atoms with Gasteiger partial charge in [-0.2, -0.15) is 0 Å². The fraction of sp³-hybridized carbons (Fsp3) is 0.462. The van der Waals surface area contributed by atoms with Crippen LogP contribution in [0.15, 0.2) is 6.07 Å². The molecule has 0 radical (unpaired) electrons. The number of phenols is 1. The molecule has 0 aliphatic heterocycles. The van der Waals surface area contributed by atoms with Crippen molar-refractivity contribution >= 4 is 11.7 Å². The van der Waals surface area contributed by atoms with Crippen molar-refractivity contribution in [1.29, 1.82) is 0 Å². The summed E-state index contributed by atoms with van der Waals surface area (Å²) in [6.07, 6.45) is -0.0149. The number of aryl methyl sites for hydroxylation is 1. The molecule has 0 aliphatic carbocycles. The second-order valence-electron chi connectivity index (χ2n) is 4.48. The second-order valence-corrected chi connectivity index (χ2v) is 4.48. The predicted molar refractivity (Wildman–Crippen MR) is 72.5 cm³/mol. The molecule has 1 aromatic carbocycles. The predicted octanol–water partition coefficient (Wildman–Crippen LogP) is 1.35. The molecule has 1 unspecified atom stereocenters. The highest BCUT2D eigenvalue weighted by molar-refractivity contribution is 5.76. The van der Waals surface area contributed by atoms with Gasteiger partial charge >= 0.3 is 5.97 Å². The van der Waals surface area contributed by atoms with Gasteiger partial charge in [0.1, 0.15) is 11.8 Å². The first-order chi connectivity index (χ1) is 9.29. The van der Waals surface area contributed by atoms with Crippen LogP contribution in [-0.2, 0) is 16.0 Å². The van der Waals surface area contributed by atoms with Crippen molar-refractivity contribution in [3.63, 3.8) is 0 Å². The van der Waals surface area contributed by atoms with Crippen molar-refractivity contribution in [3.8, 4) is 5.75 Å². The summed E-state index contributed by atoms with van der Waals surface area (Å²) in [5.74, 6) is -0.677. The molecule has 0 aromatic heterocycles. The summed E-state index contributed by atoms with van der Waals surface area (Å²) >= 11 is 0. The molecule has 3 N–H and O–H groups in total. The van der Waals surface area contributed by atoms with Crippen LogP contribution in [0.25, 0.3) is 0 Å². The van der Waals surface area contributed by atoms with Gasteiger partial charge in [0.15, 0.2) is 0 Å². The maximum absolute atomic E-state index is 11.5. The van der Waals surface area contributed by atoms with Gasteiger partial charge in [-0.3, -0.25) is 14.9 Å². The molecule has 0 amide bonds. The molecule has 0 spiro atoms. The lowest BCUT2D eigenvalue weighted by molar-refractivity contribution is -0.385. The second kappa shape index (κ2) is 6.33. The van der Waals surface area contributed by atoms with Crippen LogP contribution in [0.3, 0.4) is 0 Å². The first kappa shape index (κ1) is 15.9. The van der Waals surface area contributed by atoms with E-state index in [2.05, 4.69) is 0 Å². The zero-order valence-electron chi connectivity index (χ0n) is 11.7. The standard InChI is InChI=1S/C13H18N2O5/c1-4-20-13(17)10(14)6-9-8(3)11(15(18)19)5-7(2)12(9)16/h5,10,16H,4,6,14H2,1-3H3. The number of carbonyl (C=O) groups excluding carboxylic acids is 1. The molecule has 110 valence electrons. The Labute approximate surface area is 116 Å². The van der Waals surface area contributed by atoms with E-state index in [9.17, 15) is 20.0 Å². The Morgan fingerprint density at radius 2 is 2.15 bits per heavy atom. The van der Waals surface area contributed by atoms with Crippen LogP contribution in [0.1, 0.15) is 23.6 Å². The maximum atomic E-state index is 11.5. The molecule has 7 nitrogen and oxygen atoms in total. The molecule has 1 atom stereocenters. The zero-order valence-corrected chi connectivity index (χ0v) is 11.7. The van der Waals surface area contributed by atoms with E-state index in [1.165, 1.54) is 13.0 Å². The average molecular weight is 282 g/mol. The monoisotopic (exact) mass is 282 g/mol. The molecular weight excluding hydrogens is 264 g/mol. The van der Waals surface area contributed by atoms with E-state index >= 15 is 0 Å². The molecule has 0 bridgehead atoms. The van der Waals surface area contributed by atoms with Gasteiger partial charge in [-0.25, -0.2) is 0 Å². The average Bonchev–Trinajstić information content (AvgIpc) is 2.38. The third-order valence-corrected chi connectivity index (χ3v) is 3.06. The van der Waals surface area contributed by atoms with E-state index in [1.54, 1.807) is 13.8 Å². The van der Waals surface area contributed by atoms with Crippen molar-refractivity contribution in [2.24, 2.45) is 5.73 Å². The Bertz CT molecular complexity index is 542. The van der Waals surface area contributed by atoms with Gasteiger partial charge in [0.25, 0.3) is 5.69 Å². The van der Waals surface area contributed by atoms with Crippen LogP contribution in [0.2, 0.25) is 0 Å². The van der Waals surface area contributed by atoms with Gasteiger partial charge in [0.05, 0.1) is 11.5 Å². The summed E-state index contributed by atoms with van der Waals surface area (Å²) in [4.78, 5) is 21.9. The maximum Gasteiger partial charge on any atom is 0.323 e. The number of nitrogens with zero attached hydrogens (tertiary/aromatic N) is 1. The van der Waals surface area contributed by atoms with Gasteiger partial charge in [-0.15, -0.1) is 0 Å². The molecule has 0 heterocycles. The van der Waals surface area contributed by atoms with Crippen LogP contribution in [0.5, 0.6) is 5.75 Å². The number of benzene rings is 1. The van der Waals surface area contributed by atoms with E-state index in [0.29, 0.717) is 16.7 Å². The minimum Gasteiger partial charge on any atom is -0.507 e. The molecule has 0 fully saturated rings. The molecule has 20 heavy (non-hydrogen) atoms. The normalized spacial score (nSPS) is 12.0. The number of ether oxygens (including phenoxy) is 1. The summed E-state index contributed by atoms with van der Waals surface area (Å²) < 4.78 is 4.78. The lowest BCUT2D eigenvalue weighted by Crippen LogP contribution is -2.34. The van der Waals surface area contributed by atoms with Crippen LogP contribution in [-0.4, -0.2) is 28.6 Å². The molecule has 1 aromatic rings. The highest BCUT2D eigenvalue weighted by Crippen LogP contribution is 2.33. The van der Waals surface area contributed by atoms with Crippen molar-refractivity contribution in [2.45, 2.75) is 33.2 Å². The third-order valence-electron chi connectivity index (χ3n) is 3.06. The molecule has 7 heteroatoms. The molecule has 0 saturated carbocycles. The summed E-state index contributed by atoms with van der Waals surface area (Å²) in [5, 5.41) is 21.0. The van der Waals surface area contributed by atoms with Gasteiger partial charge in [0.2, 0.25) is 0 Å². The number of carbonyl (C=O) groups is 1. The van der Waals surface area contributed by atoms with Crippen LogP contribution < -0.4 is 5.73 Å².